The Morgan fingerprint density at radius 2 is 2.04 bits per heavy atom. The zero-order chi connectivity index (χ0) is 20.1. The number of carbonyl (C=O) groups is 1. The molecule has 3 rings (SSSR count). The Morgan fingerprint density at radius 3 is 2.71 bits per heavy atom. The molecule has 0 radical (unpaired) electrons. The molecule has 1 aromatic carbocycles. The van der Waals surface area contributed by atoms with Gasteiger partial charge in [-0.15, -0.1) is 11.3 Å². The van der Waals surface area contributed by atoms with Crippen LogP contribution in [0.15, 0.2) is 35.7 Å². The first-order valence-corrected chi connectivity index (χ1v) is 10.9. The number of benzene rings is 1. The largest absolute Gasteiger partial charge is 0.497 e. The van der Waals surface area contributed by atoms with Crippen LogP contribution in [-0.4, -0.2) is 23.6 Å². The highest BCUT2D eigenvalue weighted by atomic mass is 32.1. The number of aryl methyl sites for hydroxylation is 2. The number of nitrogens with one attached hydrogen (secondary N) is 1. The van der Waals surface area contributed by atoms with Gasteiger partial charge in [0.05, 0.1) is 17.7 Å². The Morgan fingerprint density at radius 1 is 1.21 bits per heavy atom. The van der Waals surface area contributed by atoms with Crippen molar-refractivity contribution in [2.24, 2.45) is 0 Å². The summed E-state index contributed by atoms with van der Waals surface area (Å²) in [6.07, 6.45) is 3.64. The minimum Gasteiger partial charge on any atom is -0.497 e. The van der Waals surface area contributed by atoms with Crippen LogP contribution in [0.3, 0.4) is 0 Å². The van der Waals surface area contributed by atoms with Gasteiger partial charge in [0, 0.05) is 29.9 Å². The molecule has 28 heavy (non-hydrogen) atoms. The number of aromatic nitrogens is 1. The number of hydrogen-bond acceptors (Lipinski definition) is 3. The number of thiophene rings is 1. The van der Waals surface area contributed by atoms with Gasteiger partial charge in [-0.25, -0.2) is 0 Å². The number of nitrogens with zero attached hydrogens (tertiary/aromatic N) is 1. The number of hydrogen-bond donors (Lipinski definition) is 1. The zero-order valence-corrected chi connectivity index (χ0v) is 18.1. The predicted molar refractivity (Wildman–Crippen MR) is 118 cm³/mol. The number of methoxy groups -OCH3 is 1. The van der Waals surface area contributed by atoms with Gasteiger partial charge in [0.15, 0.2) is 0 Å². The van der Waals surface area contributed by atoms with E-state index < -0.39 is 0 Å². The van der Waals surface area contributed by atoms with E-state index in [1.165, 1.54) is 27.0 Å². The summed E-state index contributed by atoms with van der Waals surface area (Å²) in [5.74, 6) is 1.05. The van der Waals surface area contributed by atoms with E-state index in [4.69, 9.17) is 4.74 Å². The molecule has 150 valence electrons. The van der Waals surface area contributed by atoms with Gasteiger partial charge in [-0.1, -0.05) is 12.5 Å². The molecular formula is C23H30N2O2S. The van der Waals surface area contributed by atoms with Crippen molar-refractivity contribution in [1.29, 1.82) is 0 Å². The first kappa shape index (κ1) is 20.5. The fraction of sp³-hybridized carbons (Fsp3) is 0.435. The van der Waals surface area contributed by atoms with Gasteiger partial charge >= 0.3 is 0 Å². The molecule has 0 bridgehead atoms. The first-order valence-electron chi connectivity index (χ1n) is 10.0. The maximum absolute atomic E-state index is 11.8. The van der Waals surface area contributed by atoms with Gasteiger partial charge in [-0.3, -0.25) is 4.79 Å². The second-order valence-corrected chi connectivity index (χ2v) is 8.47. The van der Waals surface area contributed by atoms with Crippen LogP contribution >= 0.6 is 11.3 Å². The summed E-state index contributed by atoms with van der Waals surface area (Å²) in [5, 5.41) is 6.34. The summed E-state index contributed by atoms with van der Waals surface area (Å²) < 4.78 is 7.87. The third kappa shape index (κ3) is 4.58. The van der Waals surface area contributed by atoms with Crippen LogP contribution in [0.1, 0.15) is 45.1 Å². The number of amides is 1. The molecule has 3 aromatic rings. The summed E-state index contributed by atoms with van der Waals surface area (Å²) in [5.41, 5.74) is 3.85. The Labute approximate surface area is 171 Å². The molecule has 0 aliphatic carbocycles. The van der Waals surface area contributed by atoms with Gasteiger partial charge in [-0.05, 0) is 68.8 Å². The van der Waals surface area contributed by atoms with E-state index in [1.54, 1.807) is 18.4 Å². The maximum Gasteiger partial charge on any atom is 0.220 e. The second-order valence-electron chi connectivity index (χ2n) is 7.52. The van der Waals surface area contributed by atoms with Crippen molar-refractivity contribution in [3.05, 3.63) is 41.3 Å². The van der Waals surface area contributed by atoms with Crippen molar-refractivity contribution < 1.29 is 9.53 Å². The summed E-state index contributed by atoms with van der Waals surface area (Å²) >= 11 is 1.78. The van der Waals surface area contributed by atoms with Crippen LogP contribution in [0.2, 0.25) is 0 Å². The van der Waals surface area contributed by atoms with Crippen LogP contribution in [-0.2, 0) is 11.3 Å². The van der Waals surface area contributed by atoms with Crippen LogP contribution in [0, 0.1) is 6.92 Å². The molecule has 1 N–H and O–H groups in total. The molecule has 2 aromatic heterocycles. The minimum atomic E-state index is 0.156. The van der Waals surface area contributed by atoms with Crippen molar-refractivity contribution in [3.63, 3.8) is 0 Å². The molecule has 0 unspecified atom stereocenters. The highest BCUT2D eigenvalue weighted by Crippen LogP contribution is 2.37. The molecule has 0 fully saturated rings. The Bertz CT molecular complexity index is 926. The summed E-state index contributed by atoms with van der Waals surface area (Å²) in [6, 6.07) is 10.8. The Hall–Kier alpha value is -2.27. The number of unbranched alkanes of at least 4 members (excludes halogenated alkanes) is 2. The average molecular weight is 399 g/mol. The van der Waals surface area contributed by atoms with Crippen molar-refractivity contribution in [1.82, 2.24) is 9.88 Å². The van der Waals surface area contributed by atoms with Crippen LogP contribution in [0.5, 0.6) is 5.75 Å². The zero-order valence-electron chi connectivity index (χ0n) is 17.2. The average Bonchev–Trinajstić information content (AvgIpc) is 3.27. The number of carbonyl (C=O) groups excluding carboxylic acids is 1. The van der Waals surface area contributed by atoms with E-state index in [-0.39, 0.29) is 11.9 Å². The SMILES string of the molecule is COc1ccc2c(c1)c(C)c(-c1cccs1)n2CCCCCC(=O)NC(C)C. The molecular weight excluding hydrogens is 368 g/mol. The van der Waals surface area contributed by atoms with Crippen LogP contribution in [0.25, 0.3) is 21.5 Å². The summed E-state index contributed by atoms with van der Waals surface area (Å²) in [7, 11) is 1.71. The van der Waals surface area contributed by atoms with Gasteiger partial charge in [0.2, 0.25) is 5.91 Å². The van der Waals surface area contributed by atoms with E-state index >= 15 is 0 Å². The first-order chi connectivity index (χ1) is 13.5. The lowest BCUT2D eigenvalue weighted by molar-refractivity contribution is -0.121. The monoisotopic (exact) mass is 398 g/mol. The lowest BCUT2D eigenvalue weighted by atomic mass is 10.1. The predicted octanol–water partition coefficient (Wildman–Crippen LogP) is 5.77. The molecule has 0 spiro atoms. The van der Waals surface area contributed by atoms with E-state index in [9.17, 15) is 4.79 Å². The van der Waals surface area contributed by atoms with Gasteiger partial charge in [0.25, 0.3) is 0 Å². The number of ether oxygens (including phenoxy) is 1. The van der Waals surface area contributed by atoms with Crippen LogP contribution < -0.4 is 10.1 Å². The molecule has 4 nitrogen and oxygen atoms in total. The fourth-order valence-corrected chi connectivity index (χ4v) is 4.55. The number of rotatable bonds is 9. The second kappa shape index (κ2) is 9.28. The van der Waals surface area contributed by atoms with E-state index in [2.05, 4.69) is 46.5 Å². The van der Waals surface area contributed by atoms with E-state index in [0.29, 0.717) is 6.42 Å². The van der Waals surface area contributed by atoms with Gasteiger partial charge in [0.1, 0.15) is 5.75 Å². The maximum atomic E-state index is 11.8. The molecule has 5 heteroatoms. The molecule has 0 saturated heterocycles. The lowest BCUT2D eigenvalue weighted by Gasteiger charge is -2.11. The summed E-state index contributed by atoms with van der Waals surface area (Å²) in [6.45, 7) is 7.15. The third-order valence-corrected chi connectivity index (χ3v) is 5.89. The molecule has 0 aliphatic rings. The topological polar surface area (TPSA) is 43.3 Å². The Kier molecular flexibility index (Phi) is 6.79. The fourth-order valence-electron chi connectivity index (χ4n) is 3.72. The minimum absolute atomic E-state index is 0.156. The normalized spacial score (nSPS) is 11.3. The highest BCUT2D eigenvalue weighted by molar-refractivity contribution is 7.13. The molecule has 0 saturated carbocycles. The molecule has 1 amide bonds. The third-order valence-electron chi connectivity index (χ3n) is 5.01. The van der Waals surface area contributed by atoms with Crippen LogP contribution in [0.4, 0.5) is 0 Å². The van der Waals surface area contributed by atoms with Gasteiger partial charge < -0.3 is 14.6 Å². The quantitative estimate of drug-likeness (QED) is 0.465. The van der Waals surface area contributed by atoms with Gasteiger partial charge in [-0.2, -0.15) is 0 Å². The summed E-state index contributed by atoms with van der Waals surface area (Å²) in [4.78, 5) is 13.1. The van der Waals surface area contributed by atoms with E-state index in [0.717, 1.165) is 31.6 Å². The standard InChI is InChI=1S/C23H30N2O2S/c1-16(2)24-22(26)10-6-5-7-13-25-20-12-11-18(27-4)15-19(20)17(3)23(25)21-9-8-14-28-21/h8-9,11-12,14-16H,5-7,10,13H2,1-4H3,(H,24,26). The lowest BCUT2D eigenvalue weighted by Crippen LogP contribution is -2.29. The van der Waals surface area contributed by atoms with Crippen molar-refractivity contribution in [2.75, 3.05) is 7.11 Å². The highest BCUT2D eigenvalue weighted by Gasteiger charge is 2.17. The van der Waals surface area contributed by atoms with Crippen molar-refractivity contribution in [3.8, 4) is 16.3 Å². The Balaban J connectivity index is 1.76. The molecule has 0 aliphatic heterocycles. The molecule has 2 heterocycles. The van der Waals surface area contributed by atoms with E-state index in [1.807, 2.05) is 19.9 Å². The van der Waals surface area contributed by atoms with Crippen molar-refractivity contribution >= 4 is 28.1 Å². The molecule has 0 atom stereocenters. The number of fused-ring (bicyclic) bond motifs is 1. The smallest absolute Gasteiger partial charge is 0.220 e. The van der Waals surface area contributed by atoms with Crippen molar-refractivity contribution in [2.45, 2.75) is 59.0 Å².